The van der Waals surface area contributed by atoms with Gasteiger partial charge in [-0.3, -0.25) is 0 Å². The van der Waals surface area contributed by atoms with Crippen molar-refractivity contribution >= 4 is 43.6 Å². The highest BCUT2D eigenvalue weighted by Gasteiger charge is 2.09. The van der Waals surface area contributed by atoms with Gasteiger partial charge in [-0.1, -0.05) is 49.7 Å². The van der Waals surface area contributed by atoms with Crippen molar-refractivity contribution in [3.63, 3.8) is 0 Å². The summed E-state index contributed by atoms with van der Waals surface area (Å²) in [6.45, 7) is 1.79. The first kappa shape index (κ1) is 14.1. The van der Waals surface area contributed by atoms with E-state index in [1.54, 1.807) is 18.7 Å². The van der Waals surface area contributed by atoms with Gasteiger partial charge in [-0.25, -0.2) is 0 Å². The minimum absolute atomic E-state index is 0.462. The van der Waals surface area contributed by atoms with Gasteiger partial charge in [-0.15, -0.1) is 0 Å². The fourth-order valence-electron chi connectivity index (χ4n) is 1.57. The van der Waals surface area contributed by atoms with Gasteiger partial charge in [0.2, 0.25) is 0 Å². The maximum absolute atomic E-state index is 9.78. The van der Waals surface area contributed by atoms with Crippen molar-refractivity contribution in [3.05, 3.63) is 57.0 Å². The van der Waals surface area contributed by atoms with Crippen LogP contribution in [0.3, 0.4) is 0 Å². The quantitative estimate of drug-likeness (QED) is 0.758. The molecule has 2 aromatic carbocycles. The van der Waals surface area contributed by atoms with Gasteiger partial charge in [-0.2, -0.15) is 0 Å². The fraction of sp³-hybridized carbons (Fsp3) is 0.143. The highest BCUT2D eigenvalue weighted by Crippen LogP contribution is 2.35. The fourth-order valence-corrected chi connectivity index (χ4v) is 3.42. The molecule has 94 valence electrons. The lowest BCUT2D eigenvalue weighted by atomic mass is 10.1. The molecule has 1 unspecified atom stereocenters. The first-order valence-corrected chi connectivity index (χ1v) is 7.87. The Morgan fingerprint density at radius 3 is 2.22 bits per heavy atom. The summed E-state index contributed by atoms with van der Waals surface area (Å²) in [5, 5.41) is 9.78. The van der Waals surface area contributed by atoms with Crippen LogP contribution in [0.4, 0.5) is 0 Å². The summed E-state index contributed by atoms with van der Waals surface area (Å²) in [7, 11) is 0. The Balaban J connectivity index is 2.32. The summed E-state index contributed by atoms with van der Waals surface area (Å²) in [5.41, 5.74) is 0.950. The molecule has 0 aliphatic heterocycles. The molecule has 1 N–H and O–H groups in total. The van der Waals surface area contributed by atoms with Gasteiger partial charge in [-0.05, 0) is 48.9 Å². The zero-order chi connectivity index (χ0) is 13.1. The van der Waals surface area contributed by atoms with Crippen LogP contribution in [-0.4, -0.2) is 5.11 Å². The van der Waals surface area contributed by atoms with Gasteiger partial charge >= 0.3 is 0 Å². The topological polar surface area (TPSA) is 20.2 Å². The maximum atomic E-state index is 9.78. The van der Waals surface area contributed by atoms with Gasteiger partial charge in [0.15, 0.2) is 0 Å². The third-order valence-corrected chi connectivity index (χ3v) is 4.57. The average molecular weight is 388 g/mol. The normalized spacial score (nSPS) is 12.4. The zero-order valence-corrected chi connectivity index (χ0v) is 13.7. The van der Waals surface area contributed by atoms with Crippen molar-refractivity contribution in [1.82, 2.24) is 0 Å². The van der Waals surface area contributed by atoms with Gasteiger partial charge in [0, 0.05) is 18.7 Å². The minimum atomic E-state index is -0.462. The van der Waals surface area contributed by atoms with E-state index in [0.717, 1.165) is 24.3 Å². The molecular weight excluding hydrogens is 376 g/mol. The molecule has 0 aromatic heterocycles. The molecular formula is C14H12Br2OS. The van der Waals surface area contributed by atoms with Crippen LogP contribution in [0, 0.1) is 0 Å². The van der Waals surface area contributed by atoms with Crippen LogP contribution in [-0.2, 0) is 0 Å². The van der Waals surface area contributed by atoms with E-state index in [2.05, 4.69) is 44.0 Å². The van der Waals surface area contributed by atoms with E-state index in [0.29, 0.717) is 0 Å². The second-order valence-corrected chi connectivity index (χ2v) is 6.86. The van der Waals surface area contributed by atoms with Crippen molar-refractivity contribution < 1.29 is 5.11 Å². The van der Waals surface area contributed by atoms with Crippen LogP contribution < -0.4 is 0 Å². The minimum Gasteiger partial charge on any atom is -0.389 e. The molecule has 0 bridgehead atoms. The largest absolute Gasteiger partial charge is 0.389 e. The van der Waals surface area contributed by atoms with Crippen LogP contribution in [0.15, 0.2) is 61.2 Å². The molecule has 0 saturated heterocycles. The summed E-state index contributed by atoms with van der Waals surface area (Å²) in [4.78, 5) is 2.22. The van der Waals surface area contributed by atoms with E-state index >= 15 is 0 Å². The molecule has 2 rings (SSSR count). The number of hydrogen-bond acceptors (Lipinski definition) is 2. The second kappa shape index (κ2) is 6.24. The summed E-state index contributed by atoms with van der Waals surface area (Å²) in [5.74, 6) is 0. The molecule has 0 fully saturated rings. The van der Waals surface area contributed by atoms with Crippen molar-refractivity contribution in [3.8, 4) is 0 Å². The van der Waals surface area contributed by atoms with E-state index in [1.807, 2.05) is 30.3 Å². The van der Waals surface area contributed by atoms with E-state index in [9.17, 15) is 5.11 Å². The van der Waals surface area contributed by atoms with E-state index in [-0.39, 0.29) is 0 Å². The lowest BCUT2D eigenvalue weighted by molar-refractivity contribution is 0.196. The maximum Gasteiger partial charge on any atom is 0.0772 e. The molecule has 2 aromatic rings. The molecule has 1 atom stereocenters. The molecule has 18 heavy (non-hydrogen) atoms. The zero-order valence-electron chi connectivity index (χ0n) is 9.73. The van der Waals surface area contributed by atoms with Crippen LogP contribution in [0.1, 0.15) is 18.6 Å². The summed E-state index contributed by atoms with van der Waals surface area (Å²) < 4.78 is 2.09. The van der Waals surface area contributed by atoms with Crippen LogP contribution in [0.2, 0.25) is 0 Å². The van der Waals surface area contributed by atoms with Crippen molar-refractivity contribution in [1.29, 1.82) is 0 Å². The number of halogens is 2. The molecule has 0 saturated carbocycles. The molecule has 4 heteroatoms. The first-order valence-electron chi connectivity index (χ1n) is 5.47. The third kappa shape index (κ3) is 3.60. The second-order valence-electron chi connectivity index (χ2n) is 3.91. The highest BCUT2D eigenvalue weighted by molar-refractivity contribution is 9.10. The van der Waals surface area contributed by atoms with Crippen LogP contribution in [0.25, 0.3) is 0 Å². The first-order chi connectivity index (χ1) is 8.56. The Labute approximate surface area is 128 Å². The Kier molecular flexibility index (Phi) is 4.90. The molecule has 0 aliphatic carbocycles. The van der Waals surface area contributed by atoms with Gasteiger partial charge in [0.1, 0.15) is 0 Å². The molecule has 0 amide bonds. The Morgan fingerprint density at radius 1 is 1.00 bits per heavy atom. The lowest BCUT2D eigenvalue weighted by Crippen LogP contribution is -1.93. The number of rotatable bonds is 3. The molecule has 0 spiro atoms. The van der Waals surface area contributed by atoms with Crippen molar-refractivity contribution in [2.75, 3.05) is 0 Å². The van der Waals surface area contributed by atoms with Gasteiger partial charge < -0.3 is 5.11 Å². The number of aliphatic hydroxyl groups excluding tert-OH is 1. The summed E-state index contributed by atoms with van der Waals surface area (Å²) in [6, 6.07) is 14.1. The average Bonchev–Trinajstić information content (AvgIpc) is 2.32. The van der Waals surface area contributed by atoms with E-state index < -0.39 is 6.10 Å². The highest BCUT2D eigenvalue weighted by atomic mass is 79.9. The van der Waals surface area contributed by atoms with Crippen LogP contribution in [0.5, 0.6) is 0 Å². The predicted molar refractivity (Wildman–Crippen MR) is 83.0 cm³/mol. The Morgan fingerprint density at radius 2 is 1.61 bits per heavy atom. The third-order valence-electron chi connectivity index (χ3n) is 2.47. The predicted octanol–water partition coefficient (Wildman–Crippen LogP) is 5.42. The van der Waals surface area contributed by atoms with Crippen LogP contribution >= 0.6 is 43.6 Å². The van der Waals surface area contributed by atoms with Crippen molar-refractivity contribution in [2.45, 2.75) is 22.8 Å². The van der Waals surface area contributed by atoms with E-state index in [4.69, 9.17) is 0 Å². The Bertz CT molecular complexity index is 538. The molecule has 0 heterocycles. The SMILES string of the molecule is CC(O)c1ccc(Br)cc1Sc1ccc(Br)cc1. The molecule has 0 radical (unpaired) electrons. The van der Waals surface area contributed by atoms with Gasteiger partial charge in [0.25, 0.3) is 0 Å². The summed E-state index contributed by atoms with van der Waals surface area (Å²) in [6.07, 6.45) is -0.462. The lowest BCUT2D eigenvalue weighted by Gasteiger charge is -2.12. The number of aliphatic hydroxyl groups is 1. The standard InChI is InChI=1S/C14H12Br2OS/c1-9(17)13-7-4-11(16)8-14(13)18-12-5-2-10(15)3-6-12/h2-9,17H,1H3. The Hall–Kier alpha value is -0.290. The summed E-state index contributed by atoms with van der Waals surface area (Å²) >= 11 is 8.55. The van der Waals surface area contributed by atoms with Gasteiger partial charge in [0.05, 0.1) is 6.10 Å². The molecule has 1 nitrogen and oxygen atoms in total. The smallest absolute Gasteiger partial charge is 0.0772 e. The molecule has 0 aliphatic rings. The van der Waals surface area contributed by atoms with E-state index in [1.165, 1.54) is 0 Å². The monoisotopic (exact) mass is 386 g/mol. The number of hydrogen-bond donors (Lipinski definition) is 1. The van der Waals surface area contributed by atoms with Crippen molar-refractivity contribution in [2.24, 2.45) is 0 Å². The number of benzene rings is 2.